The smallest absolute Gasteiger partial charge is 0.242 e. The SMILES string of the molecule is O=C(Cc1ccccc1)NCC(=O)N1CCN(c2ncccn2)CC1. The topological polar surface area (TPSA) is 78.4 Å². The molecule has 1 saturated heterocycles. The predicted octanol–water partition coefficient (Wildman–Crippen LogP) is 0.484. The maximum atomic E-state index is 12.3. The van der Waals surface area contributed by atoms with Crippen molar-refractivity contribution in [2.45, 2.75) is 6.42 Å². The van der Waals surface area contributed by atoms with Gasteiger partial charge in [-0.15, -0.1) is 0 Å². The number of piperazine rings is 1. The van der Waals surface area contributed by atoms with E-state index in [1.807, 2.05) is 30.3 Å². The zero-order valence-corrected chi connectivity index (χ0v) is 14.0. The molecule has 1 N–H and O–H groups in total. The van der Waals surface area contributed by atoms with E-state index in [2.05, 4.69) is 20.2 Å². The van der Waals surface area contributed by atoms with Gasteiger partial charge < -0.3 is 15.1 Å². The lowest BCUT2D eigenvalue weighted by Gasteiger charge is -2.34. The van der Waals surface area contributed by atoms with Crippen LogP contribution in [0.3, 0.4) is 0 Å². The highest BCUT2D eigenvalue weighted by Gasteiger charge is 2.22. The molecule has 2 heterocycles. The van der Waals surface area contributed by atoms with Crippen molar-refractivity contribution in [2.75, 3.05) is 37.6 Å². The van der Waals surface area contributed by atoms with Gasteiger partial charge in [0.2, 0.25) is 17.8 Å². The second kappa shape index (κ2) is 8.23. The summed E-state index contributed by atoms with van der Waals surface area (Å²) < 4.78 is 0. The molecule has 0 spiro atoms. The van der Waals surface area contributed by atoms with Crippen LogP contribution >= 0.6 is 0 Å². The average molecular weight is 339 g/mol. The monoisotopic (exact) mass is 339 g/mol. The van der Waals surface area contributed by atoms with Crippen LogP contribution in [-0.2, 0) is 16.0 Å². The Morgan fingerprint density at radius 1 is 0.960 bits per heavy atom. The molecule has 2 aromatic rings. The molecule has 0 aliphatic carbocycles. The summed E-state index contributed by atoms with van der Waals surface area (Å²) in [4.78, 5) is 36.5. The summed E-state index contributed by atoms with van der Waals surface area (Å²) in [6.07, 6.45) is 3.71. The quantitative estimate of drug-likeness (QED) is 0.857. The summed E-state index contributed by atoms with van der Waals surface area (Å²) in [6, 6.07) is 11.3. The molecule has 0 saturated carbocycles. The fraction of sp³-hybridized carbons (Fsp3) is 0.333. The number of benzene rings is 1. The molecular weight excluding hydrogens is 318 g/mol. The van der Waals surface area contributed by atoms with Gasteiger partial charge in [0.05, 0.1) is 13.0 Å². The first-order valence-electron chi connectivity index (χ1n) is 8.33. The van der Waals surface area contributed by atoms with Crippen molar-refractivity contribution in [1.82, 2.24) is 20.2 Å². The Morgan fingerprint density at radius 3 is 2.32 bits per heavy atom. The van der Waals surface area contributed by atoms with Crippen molar-refractivity contribution in [3.05, 3.63) is 54.4 Å². The Morgan fingerprint density at radius 2 is 1.64 bits per heavy atom. The zero-order chi connectivity index (χ0) is 17.5. The first-order valence-corrected chi connectivity index (χ1v) is 8.33. The van der Waals surface area contributed by atoms with E-state index in [1.54, 1.807) is 23.4 Å². The first-order chi connectivity index (χ1) is 12.2. The van der Waals surface area contributed by atoms with E-state index in [4.69, 9.17) is 0 Å². The van der Waals surface area contributed by atoms with Gasteiger partial charge in [-0.05, 0) is 11.6 Å². The number of rotatable bonds is 5. The van der Waals surface area contributed by atoms with E-state index in [9.17, 15) is 9.59 Å². The number of amides is 2. The summed E-state index contributed by atoms with van der Waals surface area (Å²) in [7, 11) is 0. The number of nitrogens with one attached hydrogen (secondary N) is 1. The van der Waals surface area contributed by atoms with Crippen molar-refractivity contribution < 1.29 is 9.59 Å². The van der Waals surface area contributed by atoms with Crippen LogP contribution in [0.15, 0.2) is 48.8 Å². The van der Waals surface area contributed by atoms with E-state index in [0.717, 1.165) is 5.56 Å². The van der Waals surface area contributed by atoms with Gasteiger partial charge in [0.25, 0.3) is 0 Å². The number of nitrogens with zero attached hydrogens (tertiary/aromatic N) is 4. The van der Waals surface area contributed by atoms with Crippen LogP contribution in [0.25, 0.3) is 0 Å². The molecule has 1 fully saturated rings. The summed E-state index contributed by atoms with van der Waals surface area (Å²) in [5.74, 6) is 0.483. The minimum atomic E-state index is -0.143. The molecule has 25 heavy (non-hydrogen) atoms. The molecule has 1 aliphatic rings. The molecule has 7 heteroatoms. The predicted molar refractivity (Wildman–Crippen MR) is 94.0 cm³/mol. The van der Waals surface area contributed by atoms with Crippen LogP contribution in [0, 0.1) is 0 Å². The third-order valence-corrected chi connectivity index (χ3v) is 4.11. The molecule has 1 aromatic heterocycles. The first kappa shape index (κ1) is 16.9. The number of aromatic nitrogens is 2. The van der Waals surface area contributed by atoms with Gasteiger partial charge in [-0.3, -0.25) is 9.59 Å². The van der Waals surface area contributed by atoms with Gasteiger partial charge in [0, 0.05) is 38.6 Å². The molecule has 0 bridgehead atoms. The van der Waals surface area contributed by atoms with E-state index in [1.165, 1.54) is 0 Å². The number of hydrogen-bond donors (Lipinski definition) is 1. The lowest BCUT2D eigenvalue weighted by Crippen LogP contribution is -2.51. The Bertz CT molecular complexity index is 700. The van der Waals surface area contributed by atoms with E-state index < -0.39 is 0 Å². The highest BCUT2D eigenvalue weighted by molar-refractivity contribution is 5.85. The molecule has 0 atom stereocenters. The number of carbonyl (C=O) groups is 2. The second-order valence-electron chi connectivity index (χ2n) is 5.86. The molecule has 0 unspecified atom stereocenters. The molecule has 0 radical (unpaired) electrons. The Hall–Kier alpha value is -2.96. The fourth-order valence-electron chi connectivity index (χ4n) is 2.74. The minimum absolute atomic E-state index is 0.0352. The van der Waals surface area contributed by atoms with E-state index >= 15 is 0 Å². The second-order valence-corrected chi connectivity index (χ2v) is 5.86. The molecular formula is C18H21N5O2. The lowest BCUT2D eigenvalue weighted by molar-refractivity contribution is -0.133. The largest absolute Gasteiger partial charge is 0.347 e. The molecule has 2 amide bonds. The average Bonchev–Trinajstić information content (AvgIpc) is 2.68. The van der Waals surface area contributed by atoms with Crippen molar-refractivity contribution in [1.29, 1.82) is 0 Å². The van der Waals surface area contributed by atoms with Crippen LogP contribution in [0.5, 0.6) is 0 Å². The standard InChI is InChI=1S/C18H21N5O2/c24-16(13-15-5-2-1-3-6-15)21-14-17(25)22-9-11-23(12-10-22)18-19-7-4-8-20-18/h1-8H,9-14H2,(H,21,24). The summed E-state index contributed by atoms with van der Waals surface area (Å²) in [5, 5.41) is 2.70. The van der Waals surface area contributed by atoms with Gasteiger partial charge in [0.15, 0.2) is 0 Å². The van der Waals surface area contributed by atoms with Gasteiger partial charge in [0.1, 0.15) is 0 Å². The van der Waals surface area contributed by atoms with Crippen LogP contribution < -0.4 is 10.2 Å². The fourth-order valence-corrected chi connectivity index (χ4v) is 2.74. The Balaban J connectivity index is 1.41. The molecule has 130 valence electrons. The minimum Gasteiger partial charge on any atom is -0.347 e. The highest BCUT2D eigenvalue weighted by Crippen LogP contribution is 2.09. The lowest BCUT2D eigenvalue weighted by atomic mass is 10.1. The zero-order valence-electron chi connectivity index (χ0n) is 14.0. The molecule has 1 aliphatic heterocycles. The number of carbonyl (C=O) groups excluding carboxylic acids is 2. The Labute approximate surface area is 146 Å². The Kier molecular flexibility index (Phi) is 5.56. The third-order valence-electron chi connectivity index (χ3n) is 4.11. The molecule has 3 rings (SSSR count). The van der Waals surface area contributed by atoms with Gasteiger partial charge in [-0.1, -0.05) is 30.3 Å². The van der Waals surface area contributed by atoms with Crippen LogP contribution in [0.4, 0.5) is 5.95 Å². The third kappa shape index (κ3) is 4.76. The van der Waals surface area contributed by atoms with E-state index in [0.29, 0.717) is 32.1 Å². The van der Waals surface area contributed by atoms with Crippen molar-refractivity contribution in [3.8, 4) is 0 Å². The summed E-state index contributed by atoms with van der Waals surface area (Å²) in [6.45, 7) is 2.62. The number of hydrogen-bond acceptors (Lipinski definition) is 5. The summed E-state index contributed by atoms with van der Waals surface area (Å²) >= 11 is 0. The van der Waals surface area contributed by atoms with Crippen molar-refractivity contribution in [2.24, 2.45) is 0 Å². The van der Waals surface area contributed by atoms with Crippen LogP contribution in [0.2, 0.25) is 0 Å². The van der Waals surface area contributed by atoms with Gasteiger partial charge in [-0.25, -0.2) is 9.97 Å². The van der Waals surface area contributed by atoms with Crippen molar-refractivity contribution >= 4 is 17.8 Å². The van der Waals surface area contributed by atoms with Crippen LogP contribution in [-0.4, -0.2) is 59.4 Å². The highest BCUT2D eigenvalue weighted by atomic mass is 16.2. The van der Waals surface area contributed by atoms with Crippen LogP contribution in [0.1, 0.15) is 5.56 Å². The normalized spacial score (nSPS) is 14.2. The van der Waals surface area contributed by atoms with Gasteiger partial charge >= 0.3 is 0 Å². The van der Waals surface area contributed by atoms with E-state index in [-0.39, 0.29) is 24.8 Å². The maximum Gasteiger partial charge on any atom is 0.242 e. The van der Waals surface area contributed by atoms with Crippen molar-refractivity contribution in [3.63, 3.8) is 0 Å². The number of anilines is 1. The molecule has 1 aromatic carbocycles. The summed E-state index contributed by atoms with van der Waals surface area (Å²) in [5.41, 5.74) is 0.934. The molecule has 7 nitrogen and oxygen atoms in total. The maximum absolute atomic E-state index is 12.3. The van der Waals surface area contributed by atoms with Gasteiger partial charge in [-0.2, -0.15) is 0 Å².